The van der Waals surface area contributed by atoms with E-state index in [-0.39, 0.29) is 0 Å². The van der Waals surface area contributed by atoms with Gasteiger partial charge in [-0.25, -0.2) is 0 Å². The zero-order valence-electron chi connectivity index (χ0n) is 8.81. The van der Waals surface area contributed by atoms with Crippen LogP contribution in [-0.2, 0) is 4.84 Å². The summed E-state index contributed by atoms with van der Waals surface area (Å²) >= 11 is 0. The smallest absolute Gasteiger partial charge is 0.0575 e. The van der Waals surface area contributed by atoms with Crippen molar-refractivity contribution in [2.75, 3.05) is 20.2 Å². The second-order valence-electron chi connectivity index (χ2n) is 3.12. The molecule has 12 heavy (non-hydrogen) atoms. The Morgan fingerprint density at radius 2 is 1.67 bits per heavy atom. The van der Waals surface area contributed by atoms with Gasteiger partial charge in [0.2, 0.25) is 0 Å². The van der Waals surface area contributed by atoms with Crippen molar-refractivity contribution < 1.29 is 4.84 Å². The molecule has 0 rings (SSSR count). The van der Waals surface area contributed by atoms with E-state index in [0.29, 0.717) is 0 Å². The molecule has 0 aromatic carbocycles. The lowest BCUT2D eigenvalue weighted by atomic mass is 10.1. The molecule has 0 N–H and O–H groups in total. The quantitative estimate of drug-likeness (QED) is 0.413. The highest BCUT2D eigenvalue weighted by atomic mass is 16.7. The van der Waals surface area contributed by atoms with Gasteiger partial charge in [0.15, 0.2) is 0 Å². The van der Waals surface area contributed by atoms with Crippen molar-refractivity contribution in [3.8, 4) is 0 Å². The Labute approximate surface area is 76.9 Å². The summed E-state index contributed by atoms with van der Waals surface area (Å²) in [7, 11) is 1.75. The summed E-state index contributed by atoms with van der Waals surface area (Å²) in [5, 5.41) is 2.01. The molecule has 0 aliphatic heterocycles. The molecule has 0 aromatic rings. The van der Waals surface area contributed by atoms with Gasteiger partial charge in [0, 0.05) is 13.1 Å². The lowest BCUT2D eigenvalue weighted by Crippen LogP contribution is -2.22. The summed E-state index contributed by atoms with van der Waals surface area (Å²) in [5.41, 5.74) is 0. The first-order valence-corrected chi connectivity index (χ1v) is 5.14. The van der Waals surface area contributed by atoms with Crippen LogP contribution < -0.4 is 0 Å². The molecule has 0 bridgehead atoms. The third-order valence-corrected chi connectivity index (χ3v) is 2.12. The maximum atomic E-state index is 5.14. The van der Waals surface area contributed by atoms with Crippen molar-refractivity contribution in [2.24, 2.45) is 0 Å². The van der Waals surface area contributed by atoms with Gasteiger partial charge in [-0.05, 0) is 6.42 Å². The number of unbranched alkanes of at least 4 members (excludes halogenated alkanes) is 4. The van der Waals surface area contributed by atoms with Crippen LogP contribution >= 0.6 is 0 Å². The average Bonchev–Trinajstić information content (AvgIpc) is 2.11. The van der Waals surface area contributed by atoms with Gasteiger partial charge in [0.05, 0.1) is 7.11 Å². The molecule has 0 atom stereocenters. The SMILES string of the molecule is CCCCCCCN(CC)OC. The third kappa shape index (κ3) is 6.62. The maximum absolute atomic E-state index is 5.14. The van der Waals surface area contributed by atoms with Crippen molar-refractivity contribution in [3.63, 3.8) is 0 Å². The van der Waals surface area contributed by atoms with Crippen molar-refractivity contribution in [1.82, 2.24) is 5.06 Å². The minimum absolute atomic E-state index is 0.990. The largest absolute Gasteiger partial charge is 0.302 e. The van der Waals surface area contributed by atoms with Crippen molar-refractivity contribution in [1.29, 1.82) is 0 Å². The fraction of sp³-hybridized carbons (Fsp3) is 1.00. The zero-order chi connectivity index (χ0) is 9.23. The second kappa shape index (κ2) is 9.01. The van der Waals surface area contributed by atoms with E-state index in [0.717, 1.165) is 13.1 Å². The Morgan fingerprint density at radius 1 is 1.00 bits per heavy atom. The Balaban J connectivity index is 3.06. The maximum Gasteiger partial charge on any atom is 0.0575 e. The standard InChI is InChI=1S/C10H23NO/c1-4-6-7-8-9-10-11(5-2)12-3/h4-10H2,1-3H3. The van der Waals surface area contributed by atoms with Crippen molar-refractivity contribution >= 4 is 0 Å². The van der Waals surface area contributed by atoms with Crippen LogP contribution in [0, 0.1) is 0 Å². The van der Waals surface area contributed by atoms with Gasteiger partial charge in [-0.3, -0.25) is 0 Å². The predicted molar refractivity (Wildman–Crippen MR) is 53.0 cm³/mol. The topological polar surface area (TPSA) is 12.5 Å². The average molecular weight is 173 g/mol. The van der Waals surface area contributed by atoms with Gasteiger partial charge in [-0.15, -0.1) is 0 Å². The number of hydrogen-bond acceptors (Lipinski definition) is 2. The highest BCUT2D eigenvalue weighted by molar-refractivity contribution is 4.46. The highest BCUT2D eigenvalue weighted by Gasteiger charge is 1.98. The van der Waals surface area contributed by atoms with Crippen LogP contribution in [0.4, 0.5) is 0 Å². The molecule has 0 heterocycles. The van der Waals surface area contributed by atoms with E-state index in [2.05, 4.69) is 13.8 Å². The molecule has 0 aliphatic rings. The number of nitrogens with zero attached hydrogens (tertiary/aromatic N) is 1. The minimum Gasteiger partial charge on any atom is -0.302 e. The molecule has 0 fully saturated rings. The van der Waals surface area contributed by atoms with Crippen molar-refractivity contribution in [2.45, 2.75) is 46.0 Å². The lowest BCUT2D eigenvalue weighted by Gasteiger charge is -2.16. The van der Waals surface area contributed by atoms with E-state index in [9.17, 15) is 0 Å². The van der Waals surface area contributed by atoms with Gasteiger partial charge in [0.1, 0.15) is 0 Å². The molecule has 0 radical (unpaired) electrons. The van der Waals surface area contributed by atoms with Crippen LogP contribution in [0.1, 0.15) is 46.0 Å². The molecule has 2 nitrogen and oxygen atoms in total. The molecule has 0 saturated heterocycles. The molecule has 0 amide bonds. The number of hydroxylamine groups is 2. The molecular formula is C10H23NO. The van der Waals surface area contributed by atoms with Gasteiger partial charge in [-0.2, -0.15) is 5.06 Å². The molecule has 0 spiro atoms. The third-order valence-electron chi connectivity index (χ3n) is 2.12. The first-order chi connectivity index (χ1) is 5.85. The van der Waals surface area contributed by atoms with Crippen LogP contribution in [0.5, 0.6) is 0 Å². The zero-order valence-corrected chi connectivity index (χ0v) is 8.81. The van der Waals surface area contributed by atoms with Gasteiger partial charge in [-0.1, -0.05) is 39.5 Å². The normalized spacial score (nSPS) is 11.0. The first-order valence-electron chi connectivity index (χ1n) is 5.14. The molecular weight excluding hydrogens is 150 g/mol. The predicted octanol–water partition coefficient (Wildman–Crippen LogP) is 2.84. The van der Waals surface area contributed by atoms with Crippen LogP contribution in [0.3, 0.4) is 0 Å². The van der Waals surface area contributed by atoms with E-state index in [1.807, 2.05) is 5.06 Å². The Hall–Kier alpha value is -0.0800. The monoisotopic (exact) mass is 173 g/mol. The van der Waals surface area contributed by atoms with E-state index in [4.69, 9.17) is 4.84 Å². The minimum atomic E-state index is 0.990. The van der Waals surface area contributed by atoms with Crippen LogP contribution in [0.2, 0.25) is 0 Å². The fourth-order valence-corrected chi connectivity index (χ4v) is 1.27. The lowest BCUT2D eigenvalue weighted by molar-refractivity contribution is -0.127. The molecule has 0 unspecified atom stereocenters. The number of hydrogen-bond donors (Lipinski definition) is 0. The Kier molecular flexibility index (Phi) is 8.95. The van der Waals surface area contributed by atoms with E-state index < -0.39 is 0 Å². The van der Waals surface area contributed by atoms with Crippen LogP contribution in [0.15, 0.2) is 0 Å². The summed E-state index contributed by atoms with van der Waals surface area (Å²) in [6, 6.07) is 0. The first kappa shape index (κ1) is 11.9. The van der Waals surface area contributed by atoms with Gasteiger partial charge < -0.3 is 4.84 Å². The summed E-state index contributed by atoms with van der Waals surface area (Å²) in [6.07, 6.45) is 6.67. The molecule has 0 aromatic heterocycles. The Bertz CT molecular complexity index is 81.9. The van der Waals surface area contributed by atoms with Crippen molar-refractivity contribution in [3.05, 3.63) is 0 Å². The second-order valence-corrected chi connectivity index (χ2v) is 3.12. The highest BCUT2D eigenvalue weighted by Crippen LogP contribution is 2.03. The fourth-order valence-electron chi connectivity index (χ4n) is 1.27. The molecule has 0 saturated carbocycles. The van der Waals surface area contributed by atoms with E-state index in [1.165, 1.54) is 32.1 Å². The van der Waals surface area contributed by atoms with E-state index >= 15 is 0 Å². The van der Waals surface area contributed by atoms with Crippen LogP contribution in [0.25, 0.3) is 0 Å². The summed E-state index contributed by atoms with van der Waals surface area (Å²) in [6.45, 7) is 6.43. The van der Waals surface area contributed by atoms with Crippen LogP contribution in [-0.4, -0.2) is 25.3 Å². The summed E-state index contributed by atoms with van der Waals surface area (Å²) < 4.78 is 0. The molecule has 74 valence electrons. The van der Waals surface area contributed by atoms with Gasteiger partial charge in [0.25, 0.3) is 0 Å². The Morgan fingerprint density at radius 3 is 2.17 bits per heavy atom. The molecule has 0 aliphatic carbocycles. The number of rotatable bonds is 8. The van der Waals surface area contributed by atoms with E-state index in [1.54, 1.807) is 7.11 Å². The summed E-state index contributed by atoms with van der Waals surface area (Å²) in [5.74, 6) is 0. The molecule has 2 heteroatoms. The van der Waals surface area contributed by atoms with Gasteiger partial charge >= 0.3 is 0 Å². The summed E-state index contributed by atoms with van der Waals surface area (Å²) in [4.78, 5) is 5.14.